The Kier molecular flexibility index (Phi) is 4.52. The van der Waals surface area contributed by atoms with E-state index >= 15 is 0 Å². The van der Waals surface area contributed by atoms with Crippen LogP contribution < -0.4 is 5.32 Å². The van der Waals surface area contributed by atoms with Crippen molar-refractivity contribution in [2.45, 2.75) is 18.1 Å². The van der Waals surface area contributed by atoms with Gasteiger partial charge in [0.1, 0.15) is 17.8 Å². The van der Waals surface area contributed by atoms with Crippen LogP contribution in [0.5, 0.6) is 0 Å². The van der Waals surface area contributed by atoms with Gasteiger partial charge in [-0.05, 0) is 12.1 Å². The van der Waals surface area contributed by atoms with Gasteiger partial charge in [-0.15, -0.1) is 0 Å². The van der Waals surface area contributed by atoms with E-state index in [-0.39, 0.29) is 5.75 Å². The highest BCUT2D eigenvalue weighted by Crippen LogP contribution is 2.21. The molecule has 0 amide bonds. The van der Waals surface area contributed by atoms with Crippen LogP contribution in [0.15, 0.2) is 35.3 Å². The van der Waals surface area contributed by atoms with E-state index in [9.17, 15) is 8.78 Å². The maximum Gasteiger partial charge on any atom is 0.284 e. The van der Waals surface area contributed by atoms with Crippen molar-refractivity contribution in [1.29, 1.82) is 0 Å². The Hall–Kier alpha value is -1.63. The van der Waals surface area contributed by atoms with Gasteiger partial charge >= 0.3 is 0 Å². The van der Waals surface area contributed by atoms with E-state index in [2.05, 4.69) is 15.3 Å². The van der Waals surface area contributed by atoms with Crippen molar-refractivity contribution in [3.63, 3.8) is 0 Å². The number of furan rings is 1. The molecule has 0 saturated carbocycles. The number of nitrogens with zero attached hydrogens (tertiary/aromatic N) is 2. The average Bonchev–Trinajstić information content (AvgIpc) is 2.83. The minimum Gasteiger partial charge on any atom is -0.463 e. The third-order valence-corrected chi connectivity index (χ3v) is 2.80. The fraction of sp³-hybridized carbons (Fsp3) is 0.273. The summed E-state index contributed by atoms with van der Waals surface area (Å²) in [5.74, 6) is -0.977. The summed E-state index contributed by atoms with van der Waals surface area (Å²) in [5.41, 5.74) is 0.775. The van der Waals surface area contributed by atoms with E-state index in [1.54, 1.807) is 24.5 Å². The van der Waals surface area contributed by atoms with Crippen LogP contribution in [0.1, 0.15) is 11.5 Å². The molecule has 7 heteroatoms. The first-order chi connectivity index (χ1) is 8.74. The summed E-state index contributed by atoms with van der Waals surface area (Å²) in [6, 6.07) is 3.46. The SMILES string of the molecule is FC(F)SCc1ccc(CNc2cncnc2)o1. The van der Waals surface area contributed by atoms with Crippen LogP contribution in [-0.2, 0) is 12.3 Å². The number of hydrogen-bond acceptors (Lipinski definition) is 5. The number of rotatable bonds is 6. The summed E-state index contributed by atoms with van der Waals surface area (Å²) in [6.07, 6.45) is 4.73. The molecule has 0 aromatic carbocycles. The molecule has 0 aliphatic carbocycles. The molecule has 0 spiro atoms. The van der Waals surface area contributed by atoms with E-state index in [1.807, 2.05) is 0 Å². The zero-order valence-corrected chi connectivity index (χ0v) is 10.2. The Balaban J connectivity index is 1.83. The van der Waals surface area contributed by atoms with E-state index in [0.717, 1.165) is 5.69 Å². The predicted octanol–water partition coefficient (Wildman–Crippen LogP) is 3.14. The largest absolute Gasteiger partial charge is 0.463 e. The van der Waals surface area contributed by atoms with Crippen LogP contribution in [0, 0.1) is 0 Å². The van der Waals surface area contributed by atoms with E-state index < -0.39 is 5.76 Å². The lowest BCUT2D eigenvalue weighted by Crippen LogP contribution is -1.98. The average molecular weight is 271 g/mol. The van der Waals surface area contributed by atoms with Crippen LogP contribution in [0.2, 0.25) is 0 Å². The quantitative estimate of drug-likeness (QED) is 0.874. The molecular weight excluding hydrogens is 260 g/mol. The normalized spacial score (nSPS) is 10.8. The molecular formula is C11H11F2N3OS. The second-order valence-corrected chi connectivity index (χ2v) is 4.40. The molecule has 2 rings (SSSR count). The highest BCUT2D eigenvalue weighted by atomic mass is 32.2. The zero-order chi connectivity index (χ0) is 12.8. The Morgan fingerprint density at radius 3 is 2.67 bits per heavy atom. The molecule has 18 heavy (non-hydrogen) atoms. The first kappa shape index (κ1) is 12.8. The molecule has 0 unspecified atom stereocenters. The first-order valence-electron chi connectivity index (χ1n) is 5.20. The fourth-order valence-electron chi connectivity index (χ4n) is 1.32. The van der Waals surface area contributed by atoms with E-state index in [4.69, 9.17) is 4.42 Å². The van der Waals surface area contributed by atoms with E-state index in [1.165, 1.54) is 6.33 Å². The van der Waals surface area contributed by atoms with Gasteiger partial charge in [0.2, 0.25) is 0 Å². The molecule has 2 heterocycles. The van der Waals surface area contributed by atoms with Crippen molar-refractivity contribution in [2.24, 2.45) is 0 Å². The van der Waals surface area contributed by atoms with Gasteiger partial charge in [0, 0.05) is 0 Å². The van der Waals surface area contributed by atoms with Gasteiger partial charge in [0.15, 0.2) is 0 Å². The standard InChI is InChI=1S/C11H11F2N3OS/c12-11(13)18-6-10-2-1-9(17-10)5-16-8-3-14-7-15-4-8/h1-4,7,11,16H,5-6H2. The van der Waals surface area contributed by atoms with Gasteiger partial charge in [0.05, 0.1) is 30.4 Å². The minimum atomic E-state index is -2.38. The van der Waals surface area contributed by atoms with Crippen LogP contribution >= 0.6 is 11.8 Å². The minimum absolute atomic E-state index is 0.173. The lowest BCUT2D eigenvalue weighted by Gasteiger charge is -2.02. The van der Waals surface area contributed by atoms with Crippen LogP contribution in [0.3, 0.4) is 0 Å². The van der Waals surface area contributed by atoms with Gasteiger partial charge < -0.3 is 9.73 Å². The lowest BCUT2D eigenvalue weighted by atomic mass is 10.4. The number of nitrogens with one attached hydrogen (secondary N) is 1. The van der Waals surface area contributed by atoms with Gasteiger partial charge in [-0.2, -0.15) is 8.78 Å². The monoisotopic (exact) mass is 271 g/mol. The summed E-state index contributed by atoms with van der Waals surface area (Å²) in [6.45, 7) is 0.465. The van der Waals surface area contributed by atoms with E-state index in [0.29, 0.717) is 29.8 Å². The molecule has 1 N–H and O–H groups in total. The van der Waals surface area contributed by atoms with Gasteiger partial charge in [0.25, 0.3) is 5.76 Å². The molecule has 0 fully saturated rings. The van der Waals surface area contributed by atoms with Crippen molar-refractivity contribution in [3.05, 3.63) is 42.4 Å². The van der Waals surface area contributed by atoms with Crippen molar-refractivity contribution in [1.82, 2.24) is 9.97 Å². The van der Waals surface area contributed by atoms with Crippen molar-refractivity contribution < 1.29 is 13.2 Å². The summed E-state index contributed by atoms with van der Waals surface area (Å²) >= 11 is 0.545. The number of hydrogen-bond donors (Lipinski definition) is 1. The molecule has 0 radical (unpaired) electrons. The Labute approximate surface area is 107 Å². The molecule has 0 atom stereocenters. The Morgan fingerprint density at radius 2 is 1.94 bits per heavy atom. The second-order valence-electron chi connectivity index (χ2n) is 3.42. The number of aromatic nitrogens is 2. The van der Waals surface area contributed by atoms with Gasteiger partial charge in [-0.1, -0.05) is 11.8 Å². The molecule has 0 aliphatic heterocycles. The number of halogens is 2. The summed E-state index contributed by atoms with van der Waals surface area (Å²) < 4.78 is 29.4. The van der Waals surface area contributed by atoms with Crippen LogP contribution in [0.4, 0.5) is 14.5 Å². The Bertz CT molecular complexity index is 478. The van der Waals surface area contributed by atoms with Gasteiger partial charge in [-0.25, -0.2) is 9.97 Å². The zero-order valence-electron chi connectivity index (χ0n) is 9.35. The topological polar surface area (TPSA) is 51.0 Å². The molecule has 96 valence electrons. The number of alkyl halides is 2. The van der Waals surface area contributed by atoms with Crippen LogP contribution in [0.25, 0.3) is 0 Å². The molecule has 2 aromatic rings. The van der Waals surface area contributed by atoms with Crippen LogP contribution in [-0.4, -0.2) is 15.7 Å². The number of anilines is 1. The molecule has 0 saturated heterocycles. The number of thioether (sulfide) groups is 1. The predicted molar refractivity (Wildman–Crippen MR) is 65.4 cm³/mol. The fourth-order valence-corrected chi connectivity index (χ4v) is 1.76. The van der Waals surface area contributed by atoms with Crippen molar-refractivity contribution >= 4 is 17.4 Å². The third kappa shape index (κ3) is 3.99. The third-order valence-electron chi connectivity index (χ3n) is 2.10. The highest BCUT2D eigenvalue weighted by Gasteiger charge is 2.07. The molecule has 2 aromatic heterocycles. The summed E-state index contributed by atoms with van der Waals surface area (Å²) in [5, 5.41) is 3.07. The second kappa shape index (κ2) is 6.34. The molecule has 0 aliphatic rings. The first-order valence-corrected chi connectivity index (χ1v) is 6.25. The Morgan fingerprint density at radius 1 is 1.22 bits per heavy atom. The summed E-state index contributed by atoms with van der Waals surface area (Å²) in [7, 11) is 0. The maximum absolute atomic E-state index is 12.0. The molecule has 0 bridgehead atoms. The lowest BCUT2D eigenvalue weighted by molar-refractivity contribution is 0.251. The van der Waals surface area contributed by atoms with Crippen molar-refractivity contribution in [2.75, 3.05) is 5.32 Å². The maximum atomic E-state index is 12.0. The van der Waals surface area contributed by atoms with Crippen molar-refractivity contribution in [3.8, 4) is 0 Å². The highest BCUT2D eigenvalue weighted by molar-refractivity contribution is 7.98. The molecule has 4 nitrogen and oxygen atoms in total. The van der Waals surface area contributed by atoms with Gasteiger partial charge in [-0.3, -0.25) is 0 Å². The summed E-state index contributed by atoms with van der Waals surface area (Å²) in [4.78, 5) is 7.72. The smallest absolute Gasteiger partial charge is 0.284 e.